The number of halogens is 1. The van der Waals surface area contributed by atoms with Gasteiger partial charge < -0.3 is 5.32 Å². The lowest BCUT2D eigenvalue weighted by molar-refractivity contribution is 1.16. The zero-order chi connectivity index (χ0) is 13.9. The first-order valence-electron chi connectivity index (χ1n) is 6.71. The zero-order valence-corrected chi connectivity index (χ0v) is 12.1. The second kappa shape index (κ2) is 5.56. The van der Waals surface area contributed by atoms with Gasteiger partial charge in [0.1, 0.15) is 0 Å². The van der Waals surface area contributed by atoms with Crippen molar-refractivity contribution in [2.45, 2.75) is 13.5 Å². The van der Waals surface area contributed by atoms with Crippen LogP contribution >= 0.6 is 11.6 Å². The van der Waals surface area contributed by atoms with E-state index in [1.165, 1.54) is 16.3 Å². The molecule has 3 rings (SSSR count). The number of nitrogens with one attached hydrogen (secondary N) is 1. The molecule has 0 saturated carbocycles. The minimum Gasteiger partial charge on any atom is -0.381 e. The normalized spacial score (nSPS) is 10.7. The van der Waals surface area contributed by atoms with Crippen LogP contribution in [0.15, 0.2) is 60.7 Å². The van der Waals surface area contributed by atoms with Gasteiger partial charge in [0.2, 0.25) is 0 Å². The van der Waals surface area contributed by atoms with Gasteiger partial charge >= 0.3 is 0 Å². The van der Waals surface area contributed by atoms with E-state index in [1.54, 1.807) is 0 Å². The van der Waals surface area contributed by atoms with Gasteiger partial charge in [-0.3, -0.25) is 0 Å². The average Bonchev–Trinajstić information content (AvgIpc) is 2.49. The lowest BCUT2D eigenvalue weighted by Gasteiger charge is -2.12. The molecular weight excluding hydrogens is 266 g/mol. The van der Waals surface area contributed by atoms with Gasteiger partial charge in [0.15, 0.2) is 0 Å². The zero-order valence-electron chi connectivity index (χ0n) is 11.4. The molecule has 0 amide bonds. The van der Waals surface area contributed by atoms with Crippen molar-refractivity contribution in [1.82, 2.24) is 0 Å². The molecule has 0 radical (unpaired) electrons. The number of benzene rings is 3. The fraction of sp³-hybridized carbons (Fsp3) is 0.111. The van der Waals surface area contributed by atoms with Gasteiger partial charge in [-0.1, -0.05) is 60.1 Å². The third-order valence-electron chi connectivity index (χ3n) is 3.62. The van der Waals surface area contributed by atoms with E-state index in [0.717, 1.165) is 22.8 Å². The molecule has 0 unspecified atom stereocenters. The highest BCUT2D eigenvalue weighted by Gasteiger charge is 2.03. The van der Waals surface area contributed by atoms with E-state index in [2.05, 4.69) is 53.8 Å². The molecule has 3 aromatic rings. The summed E-state index contributed by atoms with van der Waals surface area (Å²) in [6.45, 7) is 2.83. The monoisotopic (exact) mass is 281 g/mol. The Morgan fingerprint density at radius 2 is 1.65 bits per heavy atom. The van der Waals surface area contributed by atoms with Crippen LogP contribution in [0.3, 0.4) is 0 Å². The maximum Gasteiger partial charge on any atom is 0.0455 e. The Labute approximate surface area is 124 Å². The predicted molar refractivity (Wildman–Crippen MR) is 87.5 cm³/mol. The number of fused-ring (bicyclic) bond motifs is 1. The minimum absolute atomic E-state index is 0.794. The smallest absolute Gasteiger partial charge is 0.0455 e. The van der Waals surface area contributed by atoms with Gasteiger partial charge in [-0.05, 0) is 41.0 Å². The van der Waals surface area contributed by atoms with E-state index in [-0.39, 0.29) is 0 Å². The summed E-state index contributed by atoms with van der Waals surface area (Å²) in [6.07, 6.45) is 0. The van der Waals surface area contributed by atoms with Crippen molar-refractivity contribution in [3.8, 4) is 0 Å². The topological polar surface area (TPSA) is 12.0 Å². The predicted octanol–water partition coefficient (Wildman–Crippen LogP) is 5.41. The van der Waals surface area contributed by atoms with Crippen molar-refractivity contribution >= 4 is 28.1 Å². The number of anilines is 1. The van der Waals surface area contributed by atoms with Crippen LogP contribution in [-0.2, 0) is 6.54 Å². The molecule has 0 aliphatic heterocycles. The summed E-state index contributed by atoms with van der Waals surface area (Å²) in [5.41, 5.74) is 3.47. The highest BCUT2D eigenvalue weighted by molar-refractivity contribution is 6.31. The Balaban J connectivity index is 1.89. The van der Waals surface area contributed by atoms with Crippen LogP contribution in [-0.4, -0.2) is 0 Å². The Morgan fingerprint density at radius 3 is 2.55 bits per heavy atom. The van der Waals surface area contributed by atoms with Crippen LogP contribution in [0.25, 0.3) is 10.8 Å². The van der Waals surface area contributed by atoms with E-state index in [4.69, 9.17) is 11.6 Å². The van der Waals surface area contributed by atoms with Gasteiger partial charge in [-0.15, -0.1) is 0 Å². The van der Waals surface area contributed by atoms with E-state index in [0.29, 0.717) is 0 Å². The molecule has 2 heteroatoms. The molecule has 0 atom stereocenters. The molecule has 1 nitrogen and oxygen atoms in total. The summed E-state index contributed by atoms with van der Waals surface area (Å²) < 4.78 is 0. The molecule has 20 heavy (non-hydrogen) atoms. The molecule has 1 N–H and O–H groups in total. The summed E-state index contributed by atoms with van der Waals surface area (Å²) in [5.74, 6) is 0. The number of hydrogen-bond donors (Lipinski definition) is 1. The lowest BCUT2D eigenvalue weighted by Crippen LogP contribution is -2.01. The van der Waals surface area contributed by atoms with E-state index >= 15 is 0 Å². The molecule has 0 aromatic heterocycles. The largest absolute Gasteiger partial charge is 0.381 e. The van der Waals surface area contributed by atoms with Crippen LogP contribution in [0.5, 0.6) is 0 Å². The molecule has 0 aliphatic carbocycles. The third-order valence-corrected chi connectivity index (χ3v) is 4.03. The molecule has 0 fully saturated rings. The quantitative estimate of drug-likeness (QED) is 0.676. The van der Waals surface area contributed by atoms with Crippen molar-refractivity contribution in [2.24, 2.45) is 0 Å². The molecular formula is C18H16ClN. The molecule has 0 spiro atoms. The lowest BCUT2D eigenvalue weighted by atomic mass is 10.0. The highest BCUT2D eigenvalue weighted by atomic mass is 35.5. The van der Waals surface area contributed by atoms with Crippen LogP contribution in [0.1, 0.15) is 11.1 Å². The van der Waals surface area contributed by atoms with Crippen LogP contribution in [0.2, 0.25) is 5.02 Å². The van der Waals surface area contributed by atoms with Crippen molar-refractivity contribution in [3.05, 3.63) is 76.8 Å². The first-order chi connectivity index (χ1) is 9.75. The Hall–Kier alpha value is -1.99. The van der Waals surface area contributed by atoms with Crippen molar-refractivity contribution in [2.75, 3.05) is 5.32 Å². The second-order valence-corrected chi connectivity index (χ2v) is 5.31. The van der Waals surface area contributed by atoms with Gasteiger partial charge in [-0.25, -0.2) is 0 Å². The maximum atomic E-state index is 6.15. The highest BCUT2D eigenvalue weighted by Crippen LogP contribution is 2.25. The number of rotatable bonds is 3. The minimum atomic E-state index is 0.794. The van der Waals surface area contributed by atoms with Gasteiger partial charge in [0, 0.05) is 17.3 Å². The summed E-state index contributed by atoms with van der Waals surface area (Å²) in [7, 11) is 0. The van der Waals surface area contributed by atoms with Crippen molar-refractivity contribution in [1.29, 1.82) is 0 Å². The van der Waals surface area contributed by atoms with E-state index < -0.39 is 0 Å². The number of hydrogen-bond acceptors (Lipinski definition) is 1. The molecule has 0 bridgehead atoms. The van der Waals surface area contributed by atoms with Gasteiger partial charge in [-0.2, -0.15) is 0 Å². The Morgan fingerprint density at radius 1 is 0.900 bits per heavy atom. The standard InChI is InChI=1S/C18H16ClN/c1-13-17(19)10-5-11-18(13)20-12-15-8-4-7-14-6-2-3-9-16(14)15/h2-11,20H,12H2,1H3. The fourth-order valence-corrected chi connectivity index (χ4v) is 2.61. The van der Waals surface area contributed by atoms with Crippen molar-refractivity contribution < 1.29 is 0 Å². The van der Waals surface area contributed by atoms with E-state index in [9.17, 15) is 0 Å². The summed E-state index contributed by atoms with van der Waals surface area (Å²) in [4.78, 5) is 0. The van der Waals surface area contributed by atoms with Crippen LogP contribution < -0.4 is 5.32 Å². The average molecular weight is 282 g/mol. The first-order valence-corrected chi connectivity index (χ1v) is 7.09. The first kappa shape index (κ1) is 13.0. The molecule has 3 aromatic carbocycles. The van der Waals surface area contributed by atoms with Crippen LogP contribution in [0.4, 0.5) is 5.69 Å². The van der Waals surface area contributed by atoms with Crippen molar-refractivity contribution in [3.63, 3.8) is 0 Å². The van der Waals surface area contributed by atoms with Gasteiger partial charge in [0.25, 0.3) is 0 Å². The van der Waals surface area contributed by atoms with Gasteiger partial charge in [0.05, 0.1) is 0 Å². The molecule has 0 aliphatic rings. The molecule has 0 heterocycles. The SMILES string of the molecule is Cc1c(Cl)cccc1NCc1cccc2ccccc12. The summed E-state index contributed by atoms with van der Waals surface area (Å²) in [5, 5.41) is 6.84. The summed E-state index contributed by atoms with van der Waals surface area (Å²) >= 11 is 6.15. The van der Waals surface area contributed by atoms with Crippen LogP contribution in [0, 0.1) is 6.92 Å². The second-order valence-electron chi connectivity index (χ2n) is 4.90. The fourth-order valence-electron chi connectivity index (χ4n) is 2.44. The molecule has 100 valence electrons. The van der Waals surface area contributed by atoms with E-state index in [1.807, 2.05) is 19.1 Å². The Kier molecular flexibility index (Phi) is 3.62. The molecule has 0 saturated heterocycles. The maximum absolute atomic E-state index is 6.15. The Bertz CT molecular complexity index is 744. The summed E-state index contributed by atoms with van der Waals surface area (Å²) in [6, 6.07) is 20.8. The third kappa shape index (κ3) is 2.50.